The van der Waals surface area contributed by atoms with E-state index in [1.54, 1.807) is 18.2 Å². The maximum Gasteiger partial charge on any atom is 0.307 e. The van der Waals surface area contributed by atoms with Crippen molar-refractivity contribution in [3.05, 3.63) is 24.0 Å². The predicted molar refractivity (Wildman–Crippen MR) is 105 cm³/mol. The summed E-state index contributed by atoms with van der Waals surface area (Å²) in [7, 11) is -0.582. The van der Waals surface area contributed by atoms with E-state index in [0.29, 0.717) is 17.8 Å². The standard InChI is InChI=1S/C19H26N4O4S/c1-5-6-11-23-17-8-7-15(28(25,26)22(3)4)12-16(17)21-18(23)9-10-19(24)27-14(2)13-20/h7-8,12,14H,5-6,9-11H2,1-4H3/t14-/m0/s1. The van der Waals surface area contributed by atoms with Crippen molar-refractivity contribution < 1.29 is 17.9 Å². The van der Waals surface area contributed by atoms with Crippen molar-refractivity contribution in [2.75, 3.05) is 14.1 Å². The predicted octanol–water partition coefficient (Wildman–Crippen LogP) is 2.47. The lowest BCUT2D eigenvalue weighted by molar-refractivity contribution is -0.145. The van der Waals surface area contributed by atoms with E-state index < -0.39 is 22.1 Å². The molecule has 28 heavy (non-hydrogen) atoms. The van der Waals surface area contributed by atoms with Crippen LogP contribution in [0.2, 0.25) is 0 Å². The quantitative estimate of drug-likeness (QED) is 0.592. The third kappa shape index (κ3) is 4.88. The molecule has 0 bridgehead atoms. The maximum absolute atomic E-state index is 12.4. The number of rotatable bonds is 9. The Morgan fingerprint density at radius 1 is 1.39 bits per heavy atom. The number of unbranched alkanes of at least 4 members (excludes halogenated alkanes) is 1. The molecule has 0 saturated carbocycles. The number of aryl methyl sites for hydroxylation is 2. The molecule has 0 amide bonds. The van der Waals surface area contributed by atoms with E-state index in [-0.39, 0.29) is 11.3 Å². The van der Waals surface area contributed by atoms with E-state index in [1.165, 1.54) is 21.0 Å². The molecule has 8 nitrogen and oxygen atoms in total. The van der Waals surface area contributed by atoms with Crippen molar-refractivity contribution in [1.29, 1.82) is 5.26 Å². The SMILES string of the molecule is CCCCn1c(CCC(=O)O[C@@H](C)C#N)nc2cc(S(=O)(=O)N(C)C)ccc21. The molecular weight excluding hydrogens is 380 g/mol. The van der Waals surface area contributed by atoms with Crippen LogP contribution in [0, 0.1) is 11.3 Å². The molecule has 0 unspecified atom stereocenters. The minimum Gasteiger partial charge on any atom is -0.447 e. The molecule has 2 rings (SSSR count). The lowest BCUT2D eigenvalue weighted by atomic mass is 10.2. The number of benzene rings is 1. The molecule has 1 aromatic carbocycles. The Morgan fingerprint density at radius 3 is 2.71 bits per heavy atom. The fourth-order valence-electron chi connectivity index (χ4n) is 2.78. The van der Waals surface area contributed by atoms with Crippen molar-refractivity contribution in [2.24, 2.45) is 0 Å². The van der Waals surface area contributed by atoms with Gasteiger partial charge in [-0.25, -0.2) is 17.7 Å². The summed E-state index contributed by atoms with van der Waals surface area (Å²) < 4.78 is 32.9. The van der Waals surface area contributed by atoms with Crippen LogP contribution in [0.4, 0.5) is 0 Å². The lowest BCUT2D eigenvalue weighted by Gasteiger charge is -2.11. The maximum atomic E-state index is 12.4. The Kier molecular flexibility index (Phi) is 7.16. The van der Waals surface area contributed by atoms with E-state index in [9.17, 15) is 13.2 Å². The van der Waals surface area contributed by atoms with Crippen LogP contribution in [0.15, 0.2) is 23.1 Å². The molecule has 1 heterocycles. The highest BCUT2D eigenvalue weighted by Crippen LogP contribution is 2.23. The first-order chi connectivity index (χ1) is 13.2. The number of nitriles is 1. The van der Waals surface area contributed by atoms with Gasteiger partial charge in [0.05, 0.1) is 22.3 Å². The van der Waals surface area contributed by atoms with Crippen LogP contribution in [0.1, 0.15) is 38.9 Å². The molecule has 2 aromatic rings. The van der Waals surface area contributed by atoms with Crippen LogP contribution < -0.4 is 0 Å². The molecule has 0 aliphatic carbocycles. The minimum atomic E-state index is -3.55. The van der Waals surface area contributed by atoms with Gasteiger partial charge in [-0.05, 0) is 31.5 Å². The number of hydrogen-bond acceptors (Lipinski definition) is 6. The first-order valence-electron chi connectivity index (χ1n) is 9.21. The van der Waals surface area contributed by atoms with Crippen molar-refractivity contribution in [3.8, 4) is 6.07 Å². The molecule has 1 aromatic heterocycles. The number of carbonyl (C=O) groups excluding carboxylic acids is 1. The highest BCUT2D eigenvalue weighted by molar-refractivity contribution is 7.89. The number of nitrogens with zero attached hydrogens (tertiary/aromatic N) is 4. The van der Waals surface area contributed by atoms with Gasteiger partial charge in [0, 0.05) is 27.1 Å². The molecule has 9 heteroatoms. The number of ether oxygens (including phenoxy) is 1. The van der Waals surface area contributed by atoms with Gasteiger partial charge >= 0.3 is 5.97 Å². The van der Waals surface area contributed by atoms with Crippen LogP contribution in [0.3, 0.4) is 0 Å². The van der Waals surface area contributed by atoms with Gasteiger partial charge in [0.15, 0.2) is 6.10 Å². The van der Waals surface area contributed by atoms with Gasteiger partial charge in [0.2, 0.25) is 10.0 Å². The average Bonchev–Trinajstić information content (AvgIpc) is 3.00. The second-order valence-corrected chi connectivity index (χ2v) is 8.88. The smallest absolute Gasteiger partial charge is 0.307 e. The molecule has 0 saturated heterocycles. The van der Waals surface area contributed by atoms with Crippen LogP contribution in [-0.4, -0.2) is 48.4 Å². The second-order valence-electron chi connectivity index (χ2n) is 6.73. The largest absolute Gasteiger partial charge is 0.447 e. The Balaban J connectivity index is 2.36. The summed E-state index contributed by atoms with van der Waals surface area (Å²) >= 11 is 0. The summed E-state index contributed by atoms with van der Waals surface area (Å²) in [5.41, 5.74) is 1.41. The first-order valence-corrected chi connectivity index (χ1v) is 10.7. The topological polar surface area (TPSA) is 105 Å². The first kappa shape index (κ1) is 21.9. The van der Waals surface area contributed by atoms with Gasteiger partial charge in [-0.2, -0.15) is 5.26 Å². The third-order valence-electron chi connectivity index (χ3n) is 4.36. The zero-order valence-electron chi connectivity index (χ0n) is 16.7. The third-order valence-corrected chi connectivity index (χ3v) is 6.17. The van der Waals surface area contributed by atoms with Gasteiger partial charge in [-0.3, -0.25) is 4.79 Å². The second kappa shape index (κ2) is 9.17. The number of fused-ring (bicyclic) bond motifs is 1. The van der Waals surface area contributed by atoms with Crippen LogP contribution in [0.25, 0.3) is 11.0 Å². The monoisotopic (exact) mass is 406 g/mol. The zero-order chi connectivity index (χ0) is 20.9. The lowest BCUT2D eigenvalue weighted by Crippen LogP contribution is -2.22. The summed E-state index contributed by atoms with van der Waals surface area (Å²) in [6.07, 6.45) is 1.60. The fraction of sp³-hybridized carbons (Fsp3) is 0.526. The van der Waals surface area contributed by atoms with Gasteiger partial charge in [0.1, 0.15) is 11.9 Å². The molecule has 1 atom stereocenters. The summed E-state index contributed by atoms with van der Waals surface area (Å²) in [4.78, 5) is 16.6. The highest BCUT2D eigenvalue weighted by atomic mass is 32.2. The Hall–Kier alpha value is -2.44. The number of esters is 1. The molecule has 152 valence electrons. The minimum absolute atomic E-state index is 0.102. The summed E-state index contributed by atoms with van der Waals surface area (Å²) in [6, 6.07) is 6.76. The van der Waals surface area contributed by atoms with Gasteiger partial charge in [-0.1, -0.05) is 13.3 Å². The van der Waals surface area contributed by atoms with E-state index >= 15 is 0 Å². The van der Waals surface area contributed by atoms with Gasteiger partial charge < -0.3 is 9.30 Å². The van der Waals surface area contributed by atoms with E-state index in [4.69, 9.17) is 10.00 Å². The number of imidazole rings is 1. The Labute approximate surface area is 165 Å². The van der Waals surface area contributed by atoms with Crippen LogP contribution in [0.5, 0.6) is 0 Å². The highest BCUT2D eigenvalue weighted by Gasteiger charge is 2.20. The van der Waals surface area contributed by atoms with Gasteiger partial charge in [-0.15, -0.1) is 0 Å². The number of hydrogen-bond donors (Lipinski definition) is 0. The summed E-state index contributed by atoms with van der Waals surface area (Å²) in [5, 5.41) is 8.74. The van der Waals surface area contributed by atoms with Crippen molar-refractivity contribution >= 4 is 27.0 Å². The number of sulfonamides is 1. The molecular formula is C19H26N4O4S. The zero-order valence-corrected chi connectivity index (χ0v) is 17.5. The molecule has 0 aliphatic heterocycles. The van der Waals surface area contributed by atoms with Crippen molar-refractivity contribution in [1.82, 2.24) is 13.9 Å². The Morgan fingerprint density at radius 2 is 2.11 bits per heavy atom. The molecule has 0 radical (unpaired) electrons. The Bertz CT molecular complexity index is 989. The number of carbonyl (C=O) groups is 1. The van der Waals surface area contributed by atoms with Crippen LogP contribution >= 0.6 is 0 Å². The van der Waals surface area contributed by atoms with Gasteiger partial charge in [0.25, 0.3) is 0 Å². The summed E-state index contributed by atoms with van der Waals surface area (Å²) in [6.45, 7) is 4.33. The van der Waals surface area contributed by atoms with E-state index in [1.807, 2.05) is 10.6 Å². The molecule has 0 spiro atoms. The molecule has 0 fully saturated rings. The summed E-state index contributed by atoms with van der Waals surface area (Å²) in [5.74, 6) is 0.239. The van der Waals surface area contributed by atoms with Crippen LogP contribution in [-0.2, 0) is 32.5 Å². The normalized spacial score (nSPS) is 12.9. The molecule has 0 N–H and O–H groups in total. The van der Waals surface area contributed by atoms with E-state index in [0.717, 1.165) is 29.2 Å². The molecule has 0 aliphatic rings. The van der Waals surface area contributed by atoms with Crippen molar-refractivity contribution in [2.45, 2.75) is 57.1 Å². The average molecular weight is 407 g/mol. The van der Waals surface area contributed by atoms with E-state index in [2.05, 4.69) is 11.9 Å². The fourth-order valence-corrected chi connectivity index (χ4v) is 3.71. The van der Waals surface area contributed by atoms with Crippen molar-refractivity contribution in [3.63, 3.8) is 0 Å². The number of aromatic nitrogens is 2.